The number of imide groups is 1. The maximum Gasteiger partial charge on any atom is 0.289 e. The number of carbonyl (C=O) groups is 3. The number of likely N-dealkylation sites (tertiary alicyclic amines) is 1. The lowest BCUT2D eigenvalue weighted by atomic mass is 10.0. The van der Waals surface area contributed by atoms with Gasteiger partial charge in [0.15, 0.2) is 0 Å². The quantitative estimate of drug-likeness (QED) is 0.763. The van der Waals surface area contributed by atoms with Crippen molar-refractivity contribution >= 4 is 38.8 Å². The summed E-state index contributed by atoms with van der Waals surface area (Å²) in [4.78, 5) is 38.3. The van der Waals surface area contributed by atoms with Crippen LogP contribution in [0.3, 0.4) is 0 Å². The average Bonchev–Trinajstić information content (AvgIpc) is 2.98. The molecule has 11 heteroatoms. The van der Waals surface area contributed by atoms with Gasteiger partial charge in [0, 0.05) is 19.1 Å². The molecule has 0 spiro atoms. The number of rotatable bonds is 5. The molecule has 0 aliphatic carbocycles. The van der Waals surface area contributed by atoms with Crippen LogP contribution in [-0.2, 0) is 19.6 Å². The molecule has 8 nitrogen and oxygen atoms in total. The van der Waals surface area contributed by atoms with Gasteiger partial charge in [-0.05, 0) is 31.0 Å². The molecule has 2 fully saturated rings. The molecule has 0 bridgehead atoms. The van der Waals surface area contributed by atoms with Gasteiger partial charge in [-0.2, -0.15) is 0 Å². The second-order valence-corrected chi connectivity index (χ2v) is 8.91. The highest BCUT2D eigenvalue weighted by Gasteiger charge is 2.38. The summed E-state index contributed by atoms with van der Waals surface area (Å²) < 4.78 is 39.6. The summed E-state index contributed by atoms with van der Waals surface area (Å²) in [5.41, 5.74) is 0. The number of sulfonamides is 1. The number of amides is 3. The molecule has 0 unspecified atom stereocenters. The van der Waals surface area contributed by atoms with Crippen LogP contribution in [-0.4, -0.2) is 66.7 Å². The molecule has 2 aliphatic heterocycles. The van der Waals surface area contributed by atoms with Crippen molar-refractivity contribution in [2.24, 2.45) is 0 Å². The van der Waals surface area contributed by atoms with Crippen LogP contribution in [0.4, 0.5) is 9.18 Å². The van der Waals surface area contributed by atoms with E-state index in [0.29, 0.717) is 25.9 Å². The minimum Gasteiger partial charge on any atom is -0.341 e. The van der Waals surface area contributed by atoms with Gasteiger partial charge in [0.1, 0.15) is 5.82 Å². The van der Waals surface area contributed by atoms with Gasteiger partial charge in [-0.15, -0.1) is 0 Å². The predicted octanol–water partition coefficient (Wildman–Crippen LogP) is 0.790. The highest BCUT2D eigenvalue weighted by Crippen LogP contribution is 2.26. The first-order chi connectivity index (χ1) is 12.8. The normalized spacial score (nSPS) is 19.0. The molecule has 2 heterocycles. The lowest BCUT2D eigenvalue weighted by molar-refractivity contribution is -0.132. The van der Waals surface area contributed by atoms with Crippen LogP contribution in [0.1, 0.15) is 12.8 Å². The van der Waals surface area contributed by atoms with Crippen molar-refractivity contribution < 1.29 is 27.2 Å². The minimum atomic E-state index is -3.99. The zero-order chi connectivity index (χ0) is 19.6. The second kappa shape index (κ2) is 7.95. The van der Waals surface area contributed by atoms with E-state index in [0.717, 1.165) is 23.9 Å². The van der Waals surface area contributed by atoms with E-state index in [2.05, 4.69) is 4.72 Å². The van der Waals surface area contributed by atoms with E-state index in [1.165, 1.54) is 21.9 Å². The molecule has 1 aromatic rings. The van der Waals surface area contributed by atoms with Crippen LogP contribution in [0, 0.1) is 5.82 Å². The van der Waals surface area contributed by atoms with Crippen molar-refractivity contribution in [3.8, 4) is 0 Å². The van der Waals surface area contributed by atoms with E-state index in [1.807, 2.05) is 0 Å². The molecule has 2 saturated heterocycles. The van der Waals surface area contributed by atoms with Crippen molar-refractivity contribution in [2.45, 2.75) is 23.8 Å². The smallest absolute Gasteiger partial charge is 0.289 e. The van der Waals surface area contributed by atoms with Crippen molar-refractivity contribution in [3.63, 3.8) is 0 Å². The standard InChI is InChI=1S/C16H18FN3O5S2/c17-11-2-1-3-13(8-11)27(24,25)18-9-14(21)19-6-4-12(5-7-19)20-15(22)10-26-16(20)23/h1-3,8,12,18H,4-7,9-10H2. The van der Waals surface area contributed by atoms with Crippen molar-refractivity contribution in [1.82, 2.24) is 14.5 Å². The van der Waals surface area contributed by atoms with Gasteiger partial charge in [0.2, 0.25) is 21.8 Å². The molecule has 1 aromatic carbocycles. The Hall–Kier alpha value is -1.98. The Bertz CT molecular complexity index is 853. The Morgan fingerprint density at radius 1 is 1.26 bits per heavy atom. The van der Waals surface area contributed by atoms with E-state index in [-0.39, 0.29) is 27.8 Å². The van der Waals surface area contributed by atoms with E-state index < -0.39 is 28.3 Å². The van der Waals surface area contributed by atoms with Crippen LogP contribution in [0.15, 0.2) is 29.2 Å². The van der Waals surface area contributed by atoms with Crippen molar-refractivity contribution in [3.05, 3.63) is 30.1 Å². The summed E-state index contributed by atoms with van der Waals surface area (Å²) in [6.45, 7) is 0.209. The van der Waals surface area contributed by atoms with Crippen LogP contribution in [0.25, 0.3) is 0 Å². The largest absolute Gasteiger partial charge is 0.341 e. The third kappa shape index (κ3) is 4.47. The first-order valence-electron chi connectivity index (χ1n) is 8.30. The molecule has 0 aromatic heterocycles. The maximum absolute atomic E-state index is 13.2. The number of hydrogen-bond donors (Lipinski definition) is 1. The monoisotopic (exact) mass is 415 g/mol. The van der Waals surface area contributed by atoms with Crippen LogP contribution < -0.4 is 4.72 Å². The summed E-state index contributed by atoms with van der Waals surface area (Å²) in [5.74, 6) is -1.16. The minimum absolute atomic E-state index is 0.153. The highest BCUT2D eigenvalue weighted by molar-refractivity contribution is 8.14. The molecule has 1 N–H and O–H groups in total. The molecular weight excluding hydrogens is 397 g/mol. The molecule has 2 aliphatic rings. The number of benzene rings is 1. The Labute approximate surface area is 160 Å². The zero-order valence-corrected chi connectivity index (χ0v) is 15.9. The average molecular weight is 415 g/mol. The molecule has 0 radical (unpaired) electrons. The molecule has 3 amide bonds. The zero-order valence-electron chi connectivity index (χ0n) is 14.3. The number of nitrogens with one attached hydrogen (secondary N) is 1. The van der Waals surface area contributed by atoms with Gasteiger partial charge in [0.05, 0.1) is 17.2 Å². The summed E-state index contributed by atoms with van der Waals surface area (Å²) in [7, 11) is -3.99. The Balaban J connectivity index is 1.52. The molecule has 0 saturated carbocycles. The van der Waals surface area contributed by atoms with Gasteiger partial charge >= 0.3 is 0 Å². The second-order valence-electron chi connectivity index (χ2n) is 6.21. The fraction of sp³-hybridized carbons (Fsp3) is 0.438. The maximum atomic E-state index is 13.2. The lowest BCUT2D eigenvalue weighted by Crippen LogP contribution is -2.50. The number of hydrogen-bond acceptors (Lipinski definition) is 6. The van der Waals surface area contributed by atoms with Gasteiger partial charge in [-0.1, -0.05) is 17.8 Å². The number of thioether (sulfide) groups is 1. The molecule has 0 atom stereocenters. The topological polar surface area (TPSA) is 104 Å². The summed E-state index contributed by atoms with van der Waals surface area (Å²) >= 11 is 0.977. The lowest BCUT2D eigenvalue weighted by Gasteiger charge is -2.35. The molecule has 3 rings (SSSR count). The number of nitrogens with zero attached hydrogens (tertiary/aromatic N) is 2. The molecule has 146 valence electrons. The van der Waals surface area contributed by atoms with E-state index in [1.54, 1.807) is 0 Å². The summed E-state index contributed by atoms with van der Waals surface area (Å²) in [5, 5.41) is -0.257. The van der Waals surface area contributed by atoms with Gasteiger partial charge in [-0.3, -0.25) is 19.3 Å². The van der Waals surface area contributed by atoms with Gasteiger partial charge in [-0.25, -0.2) is 17.5 Å². The van der Waals surface area contributed by atoms with Gasteiger partial charge in [0.25, 0.3) is 5.24 Å². The molecule has 27 heavy (non-hydrogen) atoms. The predicted molar refractivity (Wildman–Crippen MR) is 95.9 cm³/mol. The van der Waals surface area contributed by atoms with Crippen LogP contribution in [0.2, 0.25) is 0 Å². The SMILES string of the molecule is O=C(CNS(=O)(=O)c1cccc(F)c1)N1CCC(N2C(=O)CSC2=O)CC1. The Morgan fingerprint density at radius 3 is 2.56 bits per heavy atom. The third-order valence-corrected chi connectivity index (χ3v) is 6.72. The number of halogens is 1. The molecular formula is C16H18FN3O5S2. The van der Waals surface area contributed by atoms with Crippen LogP contribution in [0.5, 0.6) is 0 Å². The highest BCUT2D eigenvalue weighted by atomic mass is 32.2. The van der Waals surface area contributed by atoms with Crippen LogP contribution >= 0.6 is 11.8 Å². The van der Waals surface area contributed by atoms with Crippen molar-refractivity contribution in [1.29, 1.82) is 0 Å². The van der Waals surface area contributed by atoms with E-state index in [9.17, 15) is 27.2 Å². The first-order valence-corrected chi connectivity index (χ1v) is 10.8. The number of carbonyl (C=O) groups excluding carboxylic acids is 3. The summed E-state index contributed by atoms with van der Waals surface area (Å²) in [6.07, 6.45) is 0.918. The van der Waals surface area contributed by atoms with E-state index in [4.69, 9.17) is 0 Å². The Morgan fingerprint density at radius 2 is 1.96 bits per heavy atom. The third-order valence-electron chi connectivity index (χ3n) is 4.49. The first kappa shape index (κ1) is 19.8. The Kier molecular flexibility index (Phi) is 5.82. The van der Waals surface area contributed by atoms with E-state index >= 15 is 0 Å². The fourth-order valence-corrected chi connectivity index (χ4v) is 4.86. The van der Waals surface area contributed by atoms with Crippen molar-refractivity contribution in [2.75, 3.05) is 25.4 Å². The van der Waals surface area contributed by atoms with Gasteiger partial charge < -0.3 is 4.90 Å². The number of piperidine rings is 1. The fourth-order valence-electron chi connectivity index (χ4n) is 3.08. The summed E-state index contributed by atoms with van der Waals surface area (Å²) in [6, 6.07) is 4.29.